The molecule has 2 heterocycles. The Bertz CT molecular complexity index is 764. The molecule has 1 aliphatic rings. The standard InChI is InChI=1S/C21H24N2O2S/c1-26-19-7-3-2-6-18(19)21(25)17-5-4-14-23(15-17)20(24)9-8-16-10-12-22-13-11-16/h2-3,6-7,10-13,17H,4-5,8-9,14-15H2,1H3. The van der Waals surface area contributed by atoms with E-state index in [0.29, 0.717) is 19.4 Å². The summed E-state index contributed by atoms with van der Waals surface area (Å²) in [4.78, 5) is 32.4. The Morgan fingerprint density at radius 1 is 1.19 bits per heavy atom. The molecule has 4 nitrogen and oxygen atoms in total. The van der Waals surface area contributed by atoms with Gasteiger partial charge in [-0.2, -0.15) is 0 Å². The molecule has 136 valence electrons. The van der Waals surface area contributed by atoms with Gasteiger partial charge in [0.15, 0.2) is 5.78 Å². The molecule has 0 radical (unpaired) electrons. The third-order valence-electron chi connectivity index (χ3n) is 4.89. The number of aryl methyl sites for hydroxylation is 1. The monoisotopic (exact) mass is 368 g/mol. The van der Waals surface area contributed by atoms with Crippen molar-refractivity contribution in [3.63, 3.8) is 0 Å². The normalized spacial score (nSPS) is 17.1. The maximum atomic E-state index is 13.0. The highest BCUT2D eigenvalue weighted by Crippen LogP contribution is 2.27. The number of rotatable bonds is 6. The largest absolute Gasteiger partial charge is 0.342 e. The molecule has 0 aliphatic carbocycles. The van der Waals surface area contributed by atoms with Crippen LogP contribution in [0.15, 0.2) is 53.7 Å². The Hall–Kier alpha value is -2.14. The Morgan fingerprint density at radius 2 is 1.96 bits per heavy atom. The van der Waals surface area contributed by atoms with Gasteiger partial charge in [-0.3, -0.25) is 14.6 Å². The summed E-state index contributed by atoms with van der Waals surface area (Å²) in [5, 5.41) is 0. The lowest BCUT2D eigenvalue weighted by Crippen LogP contribution is -2.42. The van der Waals surface area contributed by atoms with E-state index < -0.39 is 0 Å². The zero-order valence-corrected chi connectivity index (χ0v) is 15.9. The maximum Gasteiger partial charge on any atom is 0.222 e. The molecule has 0 saturated carbocycles. The second-order valence-electron chi connectivity index (χ2n) is 6.60. The summed E-state index contributed by atoms with van der Waals surface area (Å²) < 4.78 is 0. The van der Waals surface area contributed by atoms with Crippen LogP contribution in [-0.2, 0) is 11.2 Å². The Morgan fingerprint density at radius 3 is 2.73 bits per heavy atom. The number of thioether (sulfide) groups is 1. The van der Waals surface area contributed by atoms with Crippen LogP contribution in [0.4, 0.5) is 0 Å². The van der Waals surface area contributed by atoms with Gasteiger partial charge in [0.1, 0.15) is 0 Å². The molecule has 1 aliphatic heterocycles. The maximum absolute atomic E-state index is 13.0. The number of pyridine rings is 1. The van der Waals surface area contributed by atoms with Gasteiger partial charge in [-0.15, -0.1) is 11.8 Å². The van der Waals surface area contributed by atoms with Crippen molar-refractivity contribution in [2.24, 2.45) is 5.92 Å². The first-order valence-corrected chi connectivity index (χ1v) is 10.3. The molecule has 5 heteroatoms. The Labute approximate surface area is 159 Å². The number of piperidine rings is 1. The Balaban J connectivity index is 1.61. The molecule has 1 aromatic heterocycles. The first-order valence-electron chi connectivity index (χ1n) is 9.03. The molecule has 1 amide bonds. The summed E-state index contributed by atoms with van der Waals surface area (Å²) in [6.07, 6.45) is 8.42. The number of benzene rings is 1. The predicted octanol–water partition coefficient (Wildman–Crippen LogP) is 3.86. The highest BCUT2D eigenvalue weighted by molar-refractivity contribution is 7.98. The molecule has 2 aromatic rings. The third kappa shape index (κ3) is 4.52. The molecule has 1 aromatic carbocycles. The van der Waals surface area contributed by atoms with Gasteiger partial charge < -0.3 is 4.90 Å². The minimum absolute atomic E-state index is 0.0954. The van der Waals surface area contributed by atoms with Crippen LogP contribution in [0.1, 0.15) is 35.2 Å². The van der Waals surface area contributed by atoms with Crippen molar-refractivity contribution < 1.29 is 9.59 Å². The molecular formula is C21H24N2O2S. The molecule has 1 unspecified atom stereocenters. The number of amides is 1. The van der Waals surface area contributed by atoms with Gasteiger partial charge in [-0.1, -0.05) is 18.2 Å². The van der Waals surface area contributed by atoms with Crippen LogP contribution in [0, 0.1) is 5.92 Å². The minimum Gasteiger partial charge on any atom is -0.342 e. The topological polar surface area (TPSA) is 50.3 Å². The average Bonchev–Trinajstić information content (AvgIpc) is 2.72. The summed E-state index contributed by atoms with van der Waals surface area (Å²) in [7, 11) is 0. The van der Waals surface area contributed by atoms with Crippen molar-refractivity contribution in [2.45, 2.75) is 30.6 Å². The second kappa shape index (κ2) is 8.99. The van der Waals surface area contributed by atoms with Crippen molar-refractivity contribution >= 4 is 23.5 Å². The summed E-state index contributed by atoms with van der Waals surface area (Å²) >= 11 is 1.59. The van der Waals surface area contributed by atoms with Gasteiger partial charge in [0.2, 0.25) is 5.91 Å². The van der Waals surface area contributed by atoms with Crippen LogP contribution in [-0.4, -0.2) is 40.9 Å². The van der Waals surface area contributed by atoms with E-state index in [9.17, 15) is 9.59 Å². The second-order valence-corrected chi connectivity index (χ2v) is 7.45. The number of Topliss-reactive ketones (excluding diaryl/α,β-unsaturated/α-hetero) is 1. The molecule has 0 bridgehead atoms. The molecule has 1 fully saturated rings. The van der Waals surface area contributed by atoms with Crippen LogP contribution in [0.5, 0.6) is 0 Å². The lowest BCUT2D eigenvalue weighted by Gasteiger charge is -2.32. The summed E-state index contributed by atoms with van der Waals surface area (Å²) in [5.74, 6) is 0.209. The number of nitrogens with zero attached hydrogens (tertiary/aromatic N) is 2. The van der Waals surface area contributed by atoms with Crippen molar-refractivity contribution in [3.8, 4) is 0 Å². The summed E-state index contributed by atoms with van der Waals surface area (Å²) in [5.41, 5.74) is 1.91. The van der Waals surface area contributed by atoms with Crippen LogP contribution >= 0.6 is 11.8 Å². The average molecular weight is 369 g/mol. The molecule has 26 heavy (non-hydrogen) atoms. The summed E-state index contributed by atoms with van der Waals surface area (Å²) in [6.45, 7) is 1.29. The van der Waals surface area contributed by atoms with Crippen molar-refractivity contribution in [3.05, 3.63) is 59.9 Å². The lowest BCUT2D eigenvalue weighted by atomic mass is 9.89. The number of ketones is 1. The van der Waals surface area contributed by atoms with E-state index >= 15 is 0 Å². The highest BCUT2D eigenvalue weighted by Gasteiger charge is 2.29. The van der Waals surface area contributed by atoms with E-state index in [-0.39, 0.29) is 17.6 Å². The van der Waals surface area contributed by atoms with E-state index in [2.05, 4.69) is 4.98 Å². The van der Waals surface area contributed by atoms with E-state index in [1.54, 1.807) is 24.2 Å². The highest BCUT2D eigenvalue weighted by atomic mass is 32.2. The third-order valence-corrected chi connectivity index (χ3v) is 5.69. The predicted molar refractivity (Wildman–Crippen MR) is 104 cm³/mol. The molecule has 0 N–H and O–H groups in total. The number of likely N-dealkylation sites (tertiary alicyclic amines) is 1. The van der Waals surface area contributed by atoms with Gasteiger partial charge >= 0.3 is 0 Å². The van der Waals surface area contributed by atoms with E-state index in [1.807, 2.05) is 47.6 Å². The number of carbonyl (C=O) groups is 2. The quantitative estimate of drug-likeness (QED) is 0.574. The molecular weight excluding hydrogens is 344 g/mol. The van der Waals surface area contributed by atoms with Crippen LogP contribution in [0.3, 0.4) is 0 Å². The number of carbonyl (C=O) groups excluding carboxylic acids is 2. The molecule has 3 rings (SSSR count). The number of aromatic nitrogens is 1. The first-order chi connectivity index (χ1) is 12.7. The lowest BCUT2D eigenvalue weighted by molar-refractivity contribution is -0.132. The molecule has 1 atom stereocenters. The Kier molecular flexibility index (Phi) is 6.45. The summed E-state index contributed by atoms with van der Waals surface area (Å²) in [6, 6.07) is 11.6. The van der Waals surface area contributed by atoms with Crippen LogP contribution < -0.4 is 0 Å². The minimum atomic E-state index is -0.0954. The van der Waals surface area contributed by atoms with E-state index in [0.717, 1.165) is 35.4 Å². The van der Waals surface area contributed by atoms with Crippen molar-refractivity contribution in [1.82, 2.24) is 9.88 Å². The van der Waals surface area contributed by atoms with E-state index in [1.165, 1.54) is 0 Å². The molecule has 1 saturated heterocycles. The number of hydrogen-bond donors (Lipinski definition) is 0. The van der Waals surface area contributed by atoms with Crippen molar-refractivity contribution in [1.29, 1.82) is 0 Å². The SMILES string of the molecule is CSc1ccccc1C(=O)C1CCCN(C(=O)CCc2ccncc2)C1. The zero-order valence-electron chi connectivity index (χ0n) is 15.1. The number of hydrogen-bond acceptors (Lipinski definition) is 4. The fourth-order valence-corrected chi connectivity index (χ4v) is 4.05. The smallest absolute Gasteiger partial charge is 0.222 e. The van der Waals surface area contributed by atoms with Crippen LogP contribution in [0.25, 0.3) is 0 Å². The van der Waals surface area contributed by atoms with Crippen LogP contribution in [0.2, 0.25) is 0 Å². The van der Waals surface area contributed by atoms with Gasteiger partial charge in [-0.25, -0.2) is 0 Å². The fourth-order valence-electron chi connectivity index (χ4n) is 3.44. The van der Waals surface area contributed by atoms with Gasteiger partial charge in [0, 0.05) is 48.3 Å². The van der Waals surface area contributed by atoms with Gasteiger partial charge in [0.25, 0.3) is 0 Å². The van der Waals surface area contributed by atoms with Gasteiger partial charge in [-0.05, 0) is 49.3 Å². The van der Waals surface area contributed by atoms with Gasteiger partial charge in [0.05, 0.1) is 0 Å². The van der Waals surface area contributed by atoms with Crippen molar-refractivity contribution in [2.75, 3.05) is 19.3 Å². The van der Waals surface area contributed by atoms with E-state index in [4.69, 9.17) is 0 Å². The fraction of sp³-hybridized carbons (Fsp3) is 0.381. The molecule has 0 spiro atoms. The zero-order chi connectivity index (χ0) is 18.4. The first kappa shape index (κ1) is 18.6.